The Morgan fingerprint density at radius 3 is 1.20 bits per heavy atom. The lowest BCUT2D eigenvalue weighted by atomic mass is 9.77. The Morgan fingerprint density at radius 2 is 0.909 bits per heavy atom. The maximum absolute atomic E-state index is 13.2. The molecule has 0 saturated carbocycles. The molecule has 44 heavy (non-hydrogen) atoms. The Labute approximate surface area is 266 Å². The summed E-state index contributed by atoms with van der Waals surface area (Å²) in [5.41, 5.74) is 5.70. The molecule has 0 heterocycles. The van der Waals surface area contributed by atoms with Crippen molar-refractivity contribution >= 4 is 5.97 Å². The summed E-state index contributed by atoms with van der Waals surface area (Å²) in [5.74, 6) is 0.429. The van der Waals surface area contributed by atoms with E-state index in [0.717, 1.165) is 46.2 Å². The van der Waals surface area contributed by atoms with Gasteiger partial charge in [0.25, 0.3) is 0 Å². The molecule has 0 bridgehead atoms. The van der Waals surface area contributed by atoms with Crippen molar-refractivity contribution in [3.63, 3.8) is 0 Å². The largest absolute Gasteiger partial charge is 0.507 e. The molecule has 4 heteroatoms. The Bertz CT molecular complexity index is 1280. The van der Waals surface area contributed by atoms with Gasteiger partial charge in [-0.25, -0.2) is 4.79 Å². The van der Waals surface area contributed by atoms with Gasteiger partial charge in [-0.2, -0.15) is 0 Å². The van der Waals surface area contributed by atoms with E-state index in [1.807, 2.05) is 18.2 Å². The summed E-state index contributed by atoms with van der Waals surface area (Å²) in [5, 5.41) is 22.4. The molecule has 0 saturated heterocycles. The van der Waals surface area contributed by atoms with Crippen LogP contribution >= 0.6 is 0 Å². The first-order valence-corrected chi connectivity index (χ1v) is 16.1. The normalized spacial score (nSPS) is 12.9. The predicted molar refractivity (Wildman–Crippen MR) is 183 cm³/mol. The lowest BCUT2D eigenvalue weighted by Crippen LogP contribution is -2.22. The molecule has 0 amide bonds. The van der Waals surface area contributed by atoms with Crippen LogP contribution in [0.25, 0.3) is 0 Å². The van der Waals surface area contributed by atoms with Crippen LogP contribution in [0.5, 0.6) is 11.5 Å². The molecule has 0 aliphatic rings. The highest BCUT2D eigenvalue weighted by molar-refractivity contribution is 5.89. The Balaban J connectivity index is 1.97. The van der Waals surface area contributed by atoms with Gasteiger partial charge in [0, 0.05) is 0 Å². The summed E-state index contributed by atoms with van der Waals surface area (Å²) in [6.07, 6.45) is 2.45. The number of phenols is 2. The SMILES string of the molecule is CC(C)(C)c1cc(CCC(CCc2cc(C(C)(C)C)c(O)c(C(C)(C)C)c2)OC(=O)c2ccccc2)cc(C(C)(C)C)c1O. The molecule has 0 atom stereocenters. The molecule has 4 nitrogen and oxygen atoms in total. The molecule has 0 aliphatic carbocycles. The van der Waals surface area contributed by atoms with Gasteiger partial charge in [-0.05, 0) is 92.9 Å². The lowest BCUT2D eigenvalue weighted by molar-refractivity contribution is 0.0263. The molecule has 0 aromatic heterocycles. The highest BCUT2D eigenvalue weighted by Crippen LogP contribution is 2.41. The molecule has 3 aromatic rings. The number of ether oxygens (including phenoxy) is 1. The average Bonchev–Trinajstić information content (AvgIpc) is 2.89. The van der Waals surface area contributed by atoms with Gasteiger partial charge in [-0.3, -0.25) is 0 Å². The number of carbonyl (C=O) groups excluding carboxylic acids is 1. The second kappa shape index (κ2) is 13.0. The van der Waals surface area contributed by atoms with E-state index >= 15 is 0 Å². The summed E-state index contributed by atoms with van der Waals surface area (Å²) in [4.78, 5) is 13.2. The fourth-order valence-electron chi connectivity index (χ4n) is 5.68. The highest BCUT2D eigenvalue weighted by atomic mass is 16.5. The van der Waals surface area contributed by atoms with Gasteiger partial charge in [-0.1, -0.05) is 126 Å². The van der Waals surface area contributed by atoms with E-state index < -0.39 is 0 Å². The maximum Gasteiger partial charge on any atom is 0.338 e. The van der Waals surface area contributed by atoms with E-state index in [9.17, 15) is 15.0 Å². The summed E-state index contributed by atoms with van der Waals surface area (Å²) in [6, 6.07) is 17.6. The number of benzene rings is 3. The first-order chi connectivity index (χ1) is 20.1. The number of phenolic OH excluding ortho intramolecular Hbond substituents is 2. The molecular weight excluding hydrogens is 544 g/mol. The minimum Gasteiger partial charge on any atom is -0.507 e. The van der Waals surface area contributed by atoms with Crippen molar-refractivity contribution in [2.75, 3.05) is 0 Å². The van der Waals surface area contributed by atoms with Gasteiger partial charge < -0.3 is 14.9 Å². The molecule has 0 spiro atoms. The number of hydrogen-bond acceptors (Lipinski definition) is 4. The van der Waals surface area contributed by atoms with Gasteiger partial charge in [0.2, 0.25) is 0 Å². The molecule has 0 fully saturated rings. The maximum atomic E-state index is 13.2. The van der Waals surface area contributed by atoms with Crippen molar-refractivity contribution in [1.82, 2.24) is 0 Å². The molecule has 3 rings (SSSR count). The van der Waals surface area contributed by atoms with E-state index in [-0.39, 0.29) is 33.7 Å². The fourth-order valence-corrected chi connectivity index (χ4v) is 5.68. The Hall–Kier alpha value is -3.27. The lowest BCUT2D eigenvalue weighted by Gasteiger charge is -2.29. The van der Waals surface area contributed by atoms with Crippen LogP contribution in [-0.2, 0) is 39.2 Å². The van der Waals surface area contributed by atoms with Crippen molar-refractivity contribution in [2.45, 2.75) is 137 Å². The minimum absolute atomic E-state index is 0.215. The highest BCUT2D eigenvalue weighted by Gasteiger charge is 2.29. The van der Waals surface area contributed by atoms with Crippen molar-refractivity contribution < 1.29 is 19.7 Å². The summed E-state index contributed by atoms with van der Waals surface area (Å²) in [7, 11) is 0. The van der Waals surface area contributed by atoms with Crippen molar-refractivity contribution in [3.05, 3.63) is 93.5 Å². The molecule has 0 radical (unpaired) electrons. The van der Waals surface area contributed by atoms with Crippen LogP contribution in [0.1, 0.15) is 140 Å². The summed E-state index contributed by atoms with van der Waals surface area (Å²) < 4.78 is 6.18. The molecule has 2 N–H and O–H groups in total. The second-order valence-electron chi connectivity index (χ2n) is 16.5. The first kappa shape index (κ1) is 35.2. The van der Waals surface area contributed by atoms with Crippen LogP contribution < -0.4 is 0 Å². The number of aryl methyl sites for hydroxylation is 2. The zero-order chi connectivity index (χ0) is 33.3. The standard InChI is InChI=1S/C40H56O4/c1-37(2,3)30-22-26(23-31(34(30)41)38(4,5)6)18-20-29(44-36(43)28-16-14-13-15-17-28)21-19-27-24-32(39(7,8)9)35(42)33(25-27)40(10,11)12/h13-17,22-25,29,41-42H,18-21H2,1-12H3. The number of rotatable bonds is 8. The minimum atomic E-state index is -0.316. The van der Waals surface area contributed by atoms with Crippen LogP contribution in [0.4, 0.5) is 0 Å². The second-order valence-corrected chi connectivity index (χ2v) is 16.5. The van der Waals surface area contributed by atoms with Crippen molar-refractivity contribution in [3.8, 4) is 11.5 Å². The predicted octanol–water partition coefficient (Wildman–Crippen LogP) is 10.1. The van der Waals surface area contributed by atoms with E-state index in [1.54, 1.807) is 12.1 Å². The van der Waals surface area contributed by atoms with E-state index in [2.05, 4.69) is 107 Å². The van der Waals surface area contributed by atoms with Crippen LogP contribution in [0.2, 0.25) is 0 Å². The zero-order valence-corrected chi connectivity index (χ0v) is 29.3. The quantitative estimate of drug-likeness (QED) is 0.253. The summed E-state index contributed by atoms with van der Waals surface area (Å²) in [6.45, 7) is 25.5. The third kappa shape index (κ3) is 8.89. The van der Waals surface area contributed by atoms with Crippen molar-refractivity contribution in [2.24, 2.45) is 0 Å². The molecular formula is C40H56O4. The topological polar surface area (TPSA) is 66.8 Å². The van der Waals surface area contributed by atoms with E-state index in [4.69, 9.17) is 4.74 Å². The number of carbonyl (C=O) groups is 1. The number of hydrogen-bond donors (Lipinski definition) is 2. The van der Waals surface area contributed by atoms with Gasteiger partial charge in [-0.15, -0.1) is 0 Å². The molecule has 0 aliphatic heterocycles. The Kier molecular flexibility index (Phi) is 10.4. The Morgan fingerprint density at radius 1 is 0.591 bits per heavy atom. The van der Waals surface area contributed by atoms with Crippen LogP contribution in [0.3, 0.4) is 0 Å². The summed E-state index contributed by atoms with van der Waals surface area (Å²) >= 11 is 0. The molecule has 0 unspecified atom stereocenters. The van der Waals surface area contributed by atoms with E-state index in [1.165, 1.54) is 0 Å². The average molecular weight is 601 g/mol. The van der Waals surface area contributed by atoms with Gasteiger partial charge in [0.05, 0.1) is 5.56 Å². The number of aromatic hydroxyl groups is 2. The number of esters is 1. The van der Waals surface area contributed by atoms with Gasteiger partial charge in [0.15, 0.2) is 0 Å². The fraction of sp³-hybridized carbons (Fsp3) is 0.525. The first-order valence-electron chi connectivity index (χ1n) is 16.1. The van der Waals surface area contributed by atoms with Crippen LogP contribution in [-0.4, -0.2) is 22.3 Å². The molecule has 240 valence electrons. The smallest absolute Gasteiger partial charge is 0.338 e. The monoisotopic (exact) mass is 600 g/mol. The van der Waals surface area contributed by atoms with Gasteiger partial charge in [0.1, 0.15) is 17.6 Å². The van der Waals surface area contributed by atoms with Crippen molar-refractivity contribution in [1.29, 1.82) is 0 Å². The third-order valence-corrected chi connectivity index (χ3v) is 8.36. The van der Waals surface area contributed by atoms with Crippen LogP contribution in [0, 0.1) is 0 Å². The zero-order valence-electron chi connectivity index (χ0n) is 29.3. The van der Waals surface area contributed by atoms with Crippen LogP contribution in [0.15, 0.2) is 54.6 Å². The third-order valence-electron chi connectivity index (χ3n) is 8.36. The molecule has 3 aromatic carbocycles. The van der Waals surface area contributed by atoms with E-state index in [0.29, 0.717) is 29.9 Å². The van der Waals surface area contributed by atoms with Gasteiger partial charge >= 0.3 is 5.97 Å².